The lowest BCUT2D eigenvalue weighted by atomic mass is 10.5. The van der Waals surface area contributed by atoms with Gasteiger partial charge in [-0.2, -0.15) is 0 Å². The number of hydrogen-bond donors (Lipinski definition) is 1. The summed E-state index contributed by atoms with van der Waals surface area (Å²) in [7, 11) is -5.83. The molecule has 0 radical (unpaired) electrons. The smallest absolute Gasteiger partial charge is 0.411 e. The molecule has 0 aromatic rings. The molecule has 0 saturated carbocycles. The Hall–Kier alpha value is -0.419. The Morgan fingerprint density at radius 3 is 1.63 bits per heavy atom. The summed E-state index contributed by atoms with van der Waals surface area (Å²) in [5.74, 6) is 0. The van der Waals surface area contributed by atoms with Crippen molar-refractivity contribution in [3.05, 3.63) is 12.8 Å². The first kappa shape index (κ1) is 26.6. The molecule has 27 heavy (non-hydrogen) atoms. The van der Waals surface area contributed by atoms with Crippen molar-refractivity contribution in [1.82, 2.24) is 5.32 Å². The average molecular weight is 434 g/mol. The molecular formula is C19H43NO4Si3. The second-order valence-corrected chi connectivity index (χ2v) is 20.8. The van der Waals surface area contributed by atoms with Gasteiger partial charge in [0.2, 0.25) is 0 Å². The highest BCUT2D eigenvalue weighted by atomic mass is 28.5. The van der Waals surface area contributed by atoms with Crippen molar-refractivity contribution >= 4 is 31.3 Å². The number of alkyl carbamates (subject to hydrolysis) is 1. The Morgan fingerprint density at radius 2 is 1.30 bits per heavy atom. The fraction of sp³-hybridized carbons (Fsp3) is 0.842. The third-order valence-corrected chi connectivity index (χ3v) is 21.9. The summed E-state index contributed by atoms with van der Waals surface area (Å²) in [5.41, 5.74) is 0. The number of carbonyl (C=O) groups is 1. The van der Waals surface area contributed by atoms with Gasteiger partial charge in [0.25, 0.3) is 0 Å². The van der Waals surface area contributed by atoms with Crippen molar-refractivity contribution in [2.45, 2.75) is 96.8 Å². The lowest BCUT2D eigenvalue weighted by molar-refractivity contribution is 0.185. The largest absolute Gasteiger partial charge is 0.436 e. The van der Waals surface area contributed by atoms with Crippen molar-refractivity contribution in [2.75, 3.05) is 6.54 Å². The third kappa shape index (κ3) is 8.64. The molecule has 0 aliphatic carbocycles. The van der Waals surface area contributed by atoms with Crippen LogP contribution in [0.15, 0.2) is 12.8 Å². The second kappa shape index (κ2) is 12.9. The number of amides is 1. The highest BCUT2D eigenvalue weighted by Crippen LogP contribution is 2.34. The minimum atomic E-state index is -2.33. The van der Waals surface area contributed by atoms with Gasteiger partial charge in [-0.05, 0) is 55.3 Å². The summed E-state index contributed by atoms with van der Waals surface area (Å²) in [5, 5.41) is 2.77. The van der Waals surface area contributed by atoms with Gasteiger partial charge >= 0.3 is 14.7 Å². The number of nitrogens with one attached hydrogen (secondary N) is 1. The lowest BCUT2D eigenvalue weighted by Crippen LogP contribution is -2.57. The molecule has 0 unspecified atom stereocenters. The molecule has 0 aromatic heterocycles. The second-order valence-electron chi connectivity index (χ2n) is 7.43. The van der Waals surface area contributed by atoms with Crippen LogP contribution in [0.2, 0.25) is 48.9 Å². The number of rotatable bonds is 15. The van der Waals surface area contributed by atoms with Crippen LogP contribution in [-0.2, 0) is 13.0 Å². The molecule has 5 nitrogen and oxygen atoms in total. The van der Waals surface area contributed by atoms with Crippen LogP contribution in [0.3, 0.4) is 0 Å². The van der Waals surface area contributed by atoms with Crippen LogP contribution in [-0.4, -0.2) is 37.8 Å². The van der Waals surface area contributed by atoms with Crippen molar-refractivity contribution in [2.24, 2.45) is 0 Å². The predicted octanol–water partition coefficient (Wildman–Crippen LogP) is 6.36. The number of ether oxygens (including phenoxy) is 1. The molecule has 0 aliphatic rings. The van der Waals surface area contributed by atoms with E-state index in [0.717, 1.165) is 55.0 Å². The van der Waals surface area contributed by atoms with Crippen LogP contribution in [0.4, 0.5) is 4.79 Å². The van der Waals surface area contributed by atoms with E-state index in [2.05, 4.69) is 60.0 Å². The molecule has 0 fully saturated rings. The van der Waals surface area contributed by atoms with Gasteiger partial charge in [-0.15, -0.1) is 0 Å². The van der Waals surface area contributed by atoms with Gasteiger partial charge in [0.15, 0.2) is 16.6 Å². The van der Waals surface area contributed by atoms with Crippen molar-refractivity contribution in [3.63, 3.8) is 0 Å². The monoisotopic (exact) mass is 433 g/mol. The fourth-order valence-electron chi connectivity index (χ4n) is 3.69. The maximum Gasteiger partial charge on any atom is 0.411 e. The molecule has 0 heterocycles. The minimum Gasteiger partial charge on any atom is -0.436 e. The van der Waals surface area contributed by atoms with Gasteiger partial charge in [-0.3, -0.25) is 0 Å². The molecule has 0 spiro atoms. The molecular weight excluding hydrogens is 390 g/mol. The van der Waals surface area contributed by atoms with Crippen molar-refractivity contribution in [1.29, 1.82) is 0 Å². The zero-order chi connectivity index (χ0) is 21.0. The summed E-state index contributed by atoms with van der Waals surface area (Å²) < 4.78 is 18.8. The summed E-state index contributed by atoms with van der Waals surface area (Å²) >= 11 is 0. The van der Waals surface area contributed by atoms with Crippen LogP contribution in [0, 0.1) is 0 Å². The van der Waals surface area contributed by atoms with Crippen LogP contribution in [0.1, 0.15) is 48.0 Å². The van der Waals surface area contributed by atoms with E-state index in [1.165, 1.54) is 0 Å². The van der Waals surface area contributed by atoms with Crippen LogP contribution < -0.4 is 5.32 Å². The normalized spacial score (nSPS) is 12.7. The molecule has 0 rings (SSSR count). The van der Waals surface area contributed by atoms with Gasteiger partial charge in [-0.25, -0.2) is 4.79 Å². The first-order valence-corrected chi connectivity index (χ1v) is 18.3. The summed E-state index contributed by atoms with van der Waals surface area (Å²) in [4.78, 5) is 11.5. The maximum atomic E-state index is 11.5. The first-order valence-electron chi connectivity index (χ1n) is 10.7. The highest BCUT2D eigenvalue weighted by molar-refractivity contribution is 6.89. The van der Waals surface area contributed by atoms with E-state index in [1.54, 1.807) is 0 Å². The van der Waals surface area contributed by atoms with Crippen LogP contribution in [0.25, 0.3) is 0 Å². The molecule has 160 valence electrons. The zero-order valence-corrected chi connectivity index (χ0v) is 21.8. The van der Waals surface area contributed by atoms with Gasteiger partial charge in [-0.1, -0.05) is 48.1 Å². The van der Waals surface area contributed by atoms with E-state index in [-0.39, 0.29) is 0 Å². The Labute approximate surface area is 170 Å². The highest BCUT2D eigenvalue weighted by Gasteiger charge is 2.45. The fourth-order valence-corrected chi connectivity index (χ4v) is 19.7. The predicted molar refractivity (Wildman–Crippen MR) is 122 cm³/mol. The lowest BCUT2D eigenvalue weighted by Gasteiger charge is -2.44. The van der Waals surface area contributed by atoms with Gasteiger partial charge < -0.3 is 18.3 Å². The number of hydrogen-bond acceptors (Lipinski definition) is 4. The van der Waals surface area contributed by atoms with E-state index < -0.39 is 31.3 Å². The van der Waals surface area contributed by atoms with Crippen molar-refractivity contribution in [3.8, 4) is 0 Å². The van der Waals surface area contributed by atoms with E-state index in [1.807, 2.05) is 0 Å². The standard InChI is InChI=1S/C19H43NO4Si3/c1-9-22-19(21)20-17-16-18-25(8,23-26(10-2,11-3)12-4)24-27(13-5,14-6)15-7/h9H,1,10-18H2,2-8H3,(H,20,21). The van der Waals surface area contributed by atoms with E-state index in [9.17, 15) is 4.79 Å². The van der Waals surface area contributed by atoms with Crippen LogP contribution >= 0.6 is 0 Å². The quantitative estimate of drug-likeness (QED) is 0.185. The Bertz CT molecular complexity index is 402. The van der Waals surface area contributed by atoms with E-state index in [4.69, 9.17) is 13.0 Å². The molecule has 0 saturated heterocycles. The molecule has 8 heteroatoms. The molecule has 1 amide bonds. The third-order valence-electron chi connectivity index (χ3n) is 6.00. The molecule has 0 aromatic carbocycles. The summed E-state index contributed by atoms with van der Waals surface area (Å²) in [6, 6.07) is 7.71. The molecule has 0 atom stereocenters. The summed E-state index contributed by atoms with van der Waals surface area (Å²) in [6.45, 7) is 19.8. The molecule has 1 N–H and O–H groups in total. The SMILES string of the molecule is C=COC(=O)NCCC[Si](C)(O[Si](CC)(CC)CC)O[Si](CC)(CC)CC. The van der Waals surface area contributed by atoms with Crippen LogP contribution in [0.5, 0.6) is 0 Å². The maximum absolute atomic E-state index is 11.5. The van der Waals surface area contributed by atoms with E-state index in [0.29, 0.717) is 6.54 Å². The number of carbonyl (C=O) groups excluding carboxylic acids is 1. The molecule has 0 aliphatic heterocycles. The Kier molecular flexibility index (Phi) is 12.7. The van der Waals surface area contributed by atoms with Crippen molar-refractivity contribution < 1.29 is 17.8 Å². The summed E-state index contributed by atoms with van der Waals surface area (Å²) in [6.07, 6.45) is 1.54. The van der Waals surface area contributed by atoms with Gasteiger partial charge in [0.1, 0.15) is 0 Å². The van der Waals surface area contributed by atoms with E-state index >= 15 is 0 Å². The Morgan fingerprint density at radius 1 is 0.889 bits per heavy atom. The zero-order valence-electron chi connectivity index (χ0n) is 18.8. The minimum absolute atomic E-state index is 0.450. The topological polar surface area (TPSA) is 56.8 Å². The van der Waals surface area contributed by atoms with Gasteiger partial charge in [0, 0.05) is 6.54 Å². The van der Waals surface area contributed by atoms with Gasteiger partial charge in [0.05, 0.1) is 6.26 Å². The first-order chi connectivity index (χ1) is 12.7. The molecule has 0 bridgehead atoms. The Balaban J connectivity index is 5.29. The average Bonchev–Trinajstić information content (AvgIpc) is 2.68.